The summed E-state index contributed by atoms with van der Waals surface area (Å²) in [6, 6.07) is 13.0. The van der Waals surface area contributed by atoms with E-state index in [4.69, 9.17) is 16.3 Å². The van der Waals surface area contributed by atoms with Gasteiger partial charge in [0.15, 0.2) is 0 Å². The van der Waals surface area contributed by atoms with Gasteiger partial charge in [-0.2, -0.15) is 0 Å². The van der Waals surface area contributed by atoms with E-state index < -0.39 is 5.91 Å². The minimum Gasteiger partial charge on any atom is -0.495 e. The molecule has 0 heterocycles. The predicted molar refractivity (Wildman–Crippen MR) is 98.9 cm³/mol. The number of carbonyl (C=O) groups is 2. The van der Waals surface area contributed by atoms with Crippen LogP contribution in [0.1, 0.15) is 17.5 Å². The first-order valence-corrected chi connectivity index (χ1v) is 8.20. The van der Waals surface area contributed by atoms with Crippen molar-refractivity contribution < 1.29 is 14.3 Å². The van der Waals surface area contributed by atoms with Crippen molar-refractivity contribution in [1.82, 2.24) is 4.90 Å². The Balaban J connectivity index is 1.98. The van der Waals surface area contributed by atoms with Crippen molar-refractivity contribution in [2.24, 2.45) is 0 Å². The highest BCUT2D eigenvalue weighted by Gasteiger charge is 2.16. The molecule has 0 unspecified atom stereocenters. The fourth-order valence-corrected chi connectivity index (χ4v) is 2.50. The van der Waals surface area contributed by atoms with E-state index in [2.05, 4.69) is 5.32 Å². The molecule has 0 aliphatic rings. The van der Waals surface area contributed by atoms with Gasteiger partial charge in [0.1, 0.15) is 12.2 Å². The smallest absolute Gasteiger partial charge is 0.233 e. The third kappa shape index (κ3) is 5.22. The lowest BCUT2D eigenvalue weighted by Crippen LogP contribution is -2.30. The van der Waals surface area contributed by atoms with E-state index in [0.717, 1.165) is 11.1 Å². The van der Waals surface area contributed by atoms with E-state index in [9.17, 15) is 9.59 Å². The number of amides is 2. The van der Waals surface area contributed by atoms with E-state index in [0.29, 0.717) is 23.0 Å². The molecule has 6 heteroatoms. The van der Waals surface area contributed by atoms with E-state index in [1.807, 2.05) is 37.3 Å². The number of nitrogens with zero attached hydrogens (tertiary/aromatic N) is 1. The van der Waals surface area contributed by atoms with Crippen LogP contribution in [0.5, 0.6) is 5.75 Å². The fraction of sp³-hybridized carbons (Fsp3) is 0.263. The number of rotatable bonds is 6. The van der Waals surface area contributed by atoms with Crippen molar-refractivity contribution in [2.45, 2.75) is 19.9 Å². The Kier molecular flexibility index (Phi) is 6.42. The molecule has 2 aromatic carbocycles. The Morgan fingerprint density at radius 3 is 2.52 bits per heavy atom. The molecular formula is C19H21ClN2O3. The topological polar surface area (TPSA) is 58.6 Å². The molecule has 5 nitrogen and oxygen atoms in total. The van der Waals surface area contributed by atoms with Crippen LogP contribution >= 0.6 is 11.6 Å². The summed E-state index contributed by atoms with van der Waals surface area (Å²) < 4.78 is 5.22. The first-order valence-electron chi connectivity index (χ1n) is 7.82. The van der Waals surface area contributed by atoms with Crippen LogP contribution in [0, 0.1) is 6.92 Å². The van der Waals surface area contributed by atoms with Crippen LogP contribution in [0.4, 0.5) is 5.69 Å². The molecule has 0 aliphatic heterocycles. The van der Waals surface area contributed by atoms with Crippen molar-refractivity contribution >= 4 is 29.1 Å². The van der Waals surface area contributed by atoms with E-state index in [1.165, 1.54) is 12.0 Å². The highest BCUT2D eigenvalue weighted by molar-refractivity contribution is 6.31. The summed E-state index contributed by atoms with van der Waals surface area (Å²) in [6.07, 6.45) is -0.242. The summed E-state index contributed by atoms with van der Waals surface area (Å²) in [5.41, 5.74) is 2.31. The van der Waals surface area contributed by atoms with Crippen molar-refractivity contribution in [1.29, 1.82) is 0 Å². The molecule has 2 amide bonds. The number of anilines is 1. The first-order chi connectivity index (χ1) is 11.9. The van der Waals surface area contributed by atoms with Gasteiger partial charge in [-0.25, -0.2) is 0 Å². The van der Waals surface area contributed by atoms with Gasteiger partial charge in [-0.1, -0.05) is 41.9 Å². The summed E-state index contributed by atoms with van der Waals surface area (Å²) in [5.74, 6) is -0.204. The zero-order valence-corrected chi connectivity index (χ0v) is 15.3. The van der Waals surface area contributed by atoms with Gasteiger partial charge in [0.2, 0.25) is 11.8 Å². The van der Waals surface area contributed by atoms with Crippen LogP contribution in [0.25, 0.3) is 0 Å². The number of aryl methyl sites for hydroxylation is 1. The fourth-order valence-electron chi connectivity index (χ4n) is 2.34. The third-order valence-corrected chi connectivity index (χ3v) is 4.16. The Morgan fingerprint density at radius 1 is 1.20 bits per heavy atom. The van der Waals surface area contributed by atoms with Gasteiger partial charge in [-0.15, -0.1) is 0 Å². The zero-order valence-electron chi connectivity index (χ0n) is 14.5. The highest BCUT2D eigenvalue weighted by Crippen LogP contribution is 2.31. The Morgan fingerprint density at radius 2 is 1.88 bits per heavy atom. The van der Waals surface area contributed by atoms with E-state index >= 15 is 0 Å². The molecule has 0 spiro atoms. The SMILES string of the molecule is COc1cc(Cl)c(C)cc1NC(=O)CC(=O)N(C)Cc1ccccc1. The maximum Gasteiger partial charge on any atom is 0.233 e. The van der Waals surface area contributed by atoms with Crippen LogP contribution in [0.3, 0.4) is 0 Å². The van der Waals surface area contributed by atoms with Crippen LogP contribution in [-0.4, -0.2) is 30.9 Å². The van der Waals surface area contributed by atoms with Crippen LogP contribution in [0.15, 0.2) is 42.5 Å². The standard InChI is InChI=1S/C19H21ClN2O3/c1-13-9-16(17(25-3)10-15(13)20)21-18(23)11-19(24)22(2)12-14-7-5-4-6-8-14/h4-10H,11-12H2,1-3H3,(H,21,23). The maximum atomic E-state index is 12.2. The molecule has 1 N–H and O–H groups in total. The summed E-state index contributed by atoms with van der Waals surface area (Å²) in [6.45, 7) is 2.28. The minimum atomic E-state index is -0.398. The maximum absolute atomic E-state index is 12.2. The molecule has 2 aromatic rings. The molecule has 0 fully saturated rings. The molecule has 0 aliphatic carbocycles. The molecule has 132 valence electrons. The molecule has 25 heavy (non-hydrogen) atoms. The molecule has 0 atom stereocenters. The summed E-state index contributed by atoms with van der Waals surface area (Å²) in [4.78, 5) is 26.0. The lowest BCUT2D eigenvalue weighted by molar-refractivity contribution is -0.134. The van der Waals surface area contributed by atoms with Crippen LogP contribution in [0.2, 0.25) is 5.02 Å². The second-order valence-electron chi connectivity index (χ2n) is 5.76. The average Bonchev–Trinajstić information content (AvgIpc) is 2.58. The molecule has 0 saturated carbocycles. The van der Waals surface area contributed by atoms with Gasteiger partial charge in [0, 0.05) is 24.7 Å². The van der Waals surface area contributed by atoms with Gasteiger partial charge in [-0.3, -0.25) is 9.59 Å². The summed E-state index contributed by atoms with van der Waals surface area (Å²) >= 11 is 6.05. The highest BCUT2D eigenvalue weighted by atomic mass is 35.5. The van der Waals surface area contributed by atoms with Gasteiger partial charge in [0.25, 0.3) is 0 Å². The second-order valence-corrected chi connectivity index (χ2v) is 6.17. The van der Waals surface area contributed by atoms with Crippen LogP contribution < -0.4 is 10.1 Å². The lowest BCUT2D eigenvalue weighted by atomic mass is 10.2. The summed E-state index contributed by atoms with van der Waals surface area (Å²) in [5, 5.41) is 3.26. The van der Waals surface area contributed by atoms with Crippen LogP contribution in [-0.2, 0) is 16.1 Å². The quantitative estimate of drug-likeness (QED) is 0.800. The minimum absolute atomic E-state index is 0.242. The number of hydrogen-bond donors (Lipinski definition) is 1. The molecular weight excluding hydrogens is 340 g/mol. The Labute approximate surface area is 152 Å². The Hall–Kier alpha value is -2.53. The van der Waals surface area contributed by atoms with E-state index in [-0.39, 0.29) is 12.3 Å². The first kappa shape index (κ1) is 18.8. The second kappa shape index (κ2) is 8.53. The largest absolute Gasteiger partial charge is 0.495 e. The van der Waals surface area contributed by atoms with Gasteiger partial charge in [0.05, 0.1) is 12.8 Å². The molecule has 0 bridgehead atoms. The van der Waals surface area contributed by atoms with Crippen molar-refractivity contribution in [2.75, 3.05) is 19.5 Å². The monoisotopic (exact) mass is 360 g/mol. The number of halogens is 1. The predicted octanol–water partition coefficient (Wildman–Crippen LogP) is 3.64. The average molecular weight is 361 g/mol. The Bertz CT molecular complexity index is 763. The lowest BCUT2D eigenvalue weighted by Gasteiger charge is -2.17. The summed E-state index contributed by atoms with van der Waals surface area (Å²) in [7, 11) is 3.17. The molecule has 0 aromatic heterocycles. The molecule has 2 rings (SSSR count). The van der Waals surface area contributed by atoms with Gasteiger partial charge >= 0.3 is 0 Å². The number of nitrogens with one attached hydrogen (secondary N) is 1. The van der Waals surface area contributed by atoms with Gasteiger partial charge in [-0.05, 0) is 24.1 Å². The van der Waals surface area contributed by atoms with Crippen molar-refractivity contribution in [3.05, 3.63) is 58.6 Å². The van der Waals surface area contributed by atoms with Gasteiger partial charge < -0.3 is 15.0 Å². The zero-order chi connectivity index (χ0) is 18.4. The number of methoxy groups -OCH3 is 1. The van der Waals surface area contributed by atoms with E-state index in [1.54, 1.807) is 19.2 Å². The third-order valence-electron chi connectivity index (χ3n) is 3.75. The number of hydrogen-bond acceptors (Lipinski definition) is 3. The molecule has 0 radical (unpaired) electrons. The number of carbonyl (C=O) groups excluding carboxylic acids is 2. The van der Waals surface area contributed by atoms with Crippen molar-refractivity contribution in [3.8, 4) is 5.75 Å². The normalized spacial score (nSPS) is 10.2. The van der Waals surface area contributed by atoms with Crippen molar-refractivity contribution in [3.63, 3.8) is 0 Å². The number of ether oxygens (including phenoxy) is 1. The number of benzene rings is 2. The molecule has 0 saturated heterocycles.